The molecule has 4 heteroatoms. The SMILES string of the molecule is CCCn1c(C)nnc1CC1(N)CCCCC1. The third-order valence-corrected chi connectivity index (χ3v) is 3.82. The first-order chi connectivity index (χ1) is 8.14. The normalized spacial score (nSPS) is 19.5. The van der Waals surface area contributed by atoms with E-state index in [1.54, 1.807) is 0 Å². The fourth-order valence-electron chi connectivity index (χ4n) is 2.82. The summed E-state index contributed by atoms with van der Waals surface area (Å²) in [6.45, 7) is 5.21. The Bertz CT molecular complexity index is 363. The zero-order valence-corrected chi connectivity index (χ0v) is 11.1. The van der Waals surface area contributed by atoms with Crippen LogP contribution in [0.25, 0.3) is 0 Å². The van der Waals surface area contributed by atoms with Gasteiger partial charge in [0.15, 0.2) is 0 Å². The molecule has 0 amide bonds. The first-order valence-electron chi connectivity index (χ1n) is 6.82. The summed E-state index contributed by atoms with van der Waals surface area (Å²) in [5.74, 6) is 2.09. The van der Waals surface area contributed by atoms with Gasteiger partial charge in [0.25, 0.3) is 0 Å². The van der Waals surface area contributed by atoms with Crippen LogP contribution in [0.15, 0.2) is 0 Å². The summed E-state index contributed by atoms with van der Waals surface area (Å²) < 4.78 is 2.23. The molecule has 1 aliphatic rings. The van der Waals surface area contributed by atoms with Crippen LogP contribution in [0.5, 0.6) is 0 Å². The Morgan fingerprint density at radius 2 is 1.94 bits per heavy atom. The highest BCUT2D eigenvalue weighted by Crippen LogP contribution is 2.28. The highest BCUT2D eigenvalue weighted by Gasteiger charge is 2.29. The number of nitrogens with zero attached hydrogens (tertiary/aromatic N) is 3. The Hall–Kier alpha value is -0.900. The highest BCUT2D eigenvalue weighted by molar-refractivity contribution is 5.02. The molecule has 0 radical (unpaired) electrons. The molecule has 1 aromatic heterocycles. The molecule has 1 aliphatic carbocycles. The maximum absolute atomic E-state index is 6.48. The van der Waals surface area contributed by atoms with Crippen LogP contribution in [0.4, 0.5) is 0 Å². The van der Waals surface area contributed by atoms with Gasteiger partial charge in [0.05, 0.1) is 0 Å². The molecule has 96 valence electrons. The molecule has 0 bridgehead atoms. The van der Waals surface area contributed by atoms with E-state index in [0.29, 0.717) is 0 Å². The van der Waals surface area contributed by atoms with Crippen molar-refractivity contribution in [3.63, 3.8) is 0 Å². The largest absolute Gasteiger partial charge is 0.325 e. The zero-order chi connectivity index (χ0) is 12.3. The van der Waals surface area contributed by atoms with Gasteiger partial charge in [-0.3, -0.25) is 0 Å². The van der Waals surface area contributed by atoms with Gasteiger partial charge in [-0.05, 0) is 26.2 Å². The van der Waals surface area contributed by atoms with E-state index < -0.39 is 0 Å². The Morgan fingerprint density at radius 3 is 2.59 bits per heavy atom. The van der Waals surface area contributed by atoms with Crippen LogP contribution in [0.1, 0.15) is 57.1 Å². The first kappa shape index (κ1) is 12.6. The summed E-state index contributed by atoms with van der Waals surface area (Å²) in [4.78, 5) is 0. The van der Waals surface area contributed by atoms with Crippen molar-refractivity contribution in [3.05, 3.63) is 11.6 Å². The van der Waals surface area contributed by atoms with Crippen molar-refractivity contribution in [3.8, 4) is 0 Å². The molecule has 1 aromatic rings. The van der Waals surface area contributed by atoms with Gasteiger partial charge in [-0.25, -0.2) is 0 Å². The maximum atomic E-state index is 6.48. The van der Waals surface area contributed by atoms with Crippen LogP contribution in [0.2, 0.25) is 0 Å². The van der Waals surface area contributed by atoms with E-state index in [0.717, 1.165) is 43.9 Å². The third-order valence-electron chi connectivity index (χ3n) is 3.82. The van der Waals surface area contributed by atoms with Gasteiger partial charge in [0.1, 0.15) is 11.6 Å². The minimum Gasteiger partial charge on any atom is -0.325 e. The molecule has 4 nitrogen and oxygen atoms in total. The Labute approximate surface area is 104 Å². The summed E-state index contributed by atoms with van der Waals surface area (Å²) in [5, 5.41) is 8.50. The number of hydrogen-bond donors (Lipinski definition) is 1. The lowest BCUT2D eigenvalue weighted by Gasteiger charge is -2.33. The van der Waals surface area contributed by atoms with E-state index in [4.69, 9.17) is 5.73 Å². The van der Waals surface area contributed by atoms with E-state index in [2.05, 4.69) is 21.7 Å². The minimum atomic E-state index is -0.0385. The number of aromatic nitrogens is 3. The van der Waals surface area contributed by atoms with Gasteiger partial charge in [-0.1, -0.05) is 26.2 Å². The number of aryl methyl sites for hydroxylation is 1. The van der Waals surface area contributed by atoms with Gasteiger partial charge < -0.3 is 10.3 Å². The average Bonchev–Trinajstić information content (AvgIpc) is 2.62. The summed E-state index contributed by atoms with van der Waals surface area (Å²) in [6.07, 6.45) is 8.11. The van der Waals surface area contributed by atoms with Gasteiger partial charge in [0, 0.05) is 18.5 Å². The highest BCUT2D eigenvalue weighted by atomic mass is 15.3. The maximum Gasteiger partial charge on any atom is 0.134 e. The van der Waals surface area contributed by atoms with Gasteiger partial charge in [0.2, 0.25) is 0 Å². The fraction of sp³-hybridized carbons (Fsp3) is 0.846. The minimum absolute atomic E-state index is 0.0385. The van der Waals surface area contributed by atoms with Crippen molar-refractivity contribution < 1.29 is 0 Å². The number of rotatable bonds is 4. The van der Waals surface area contributed by atoms with E-state index in [1.807, 2.05) is 6.92 Å². The van der Waals surface area contributed by atoms with Gasteiger partial charge >= 0.3 is 0 Å². The van der Waals surface area contributed by atoms with Crippen LogP contribution in [0.3, 0.4) is 0 Å². The fourth-order valence-corrected chi connectivity index (χ4v) is 2.82. The predicted octanol–water partition coefficient (Wildman–Crippen LogP) is 2.20. The van der Waals surface area contributed by atoms with Crippen LogP contribution in [-0.4, -0.2) is 20.3 Å². The number of hydrogen-bond acceptors (Lipinski definition) is 3. The molecule has 2 rings (SSSR count). The standard InChI is InChI=1S/C13H24N4/c1-3-9-17-11(2)15-16-12(17)10-13(14)7-5-4-6-8-13/h3-10,14H2,1-2H3. The van der Waals surface area contributed by atoms with Crippen molar-refractivity contribution in [2.24, 2.45) is 5.73 Å². The van der Waals surface area contributed by atoms with E-state index in [9.17, 15) is 0 Å². The van der Waals surface area contributed by atoms with E-state index in [1.165, 1.54) is 19.3 Å². The average molecular weight is 236 g/mol. The second kappa shape index (κ2) is 5.17. The molecule has 0 atom stereocenters. The Balaban J connectivity index is 2.11. The van der Waals surface area contributed by atoms with Crippen molar-refractivity contribution in [2.75, 3.05) is 0 Å². The van der Waals surface area contributed by atoms with Crippen molar-refractivity contribution in [2.45, 2.75) is 70.9 Å². The smallest absolute Gasteiger partial charge is 0.134 e. The van der Waals surface area contributed by atoms with E-state index >= 15 is 0 Å². The summed E-state index contributed by atoms with van der Waals surface area (Å²) >= 11 is 0. The summed E-state index contributed by atoms with van der Waals surface area (Å²) in [7, 11) is 0. The van der Waals surface area contributed by atoms with Crippen LogP contribution in [-0.2, 0) is 13.0 Å². The summed E-state index contributed by atoms with van der Waals surface area (Å²) in [6, 6.07) is 0. The quantitative estimate of drug-likeness (QED) is 0.872. The second-order valence-electron chi connectivity index (χ2n) is 5.41. The monoisotopic (exact) mass is 236 g/mol. The lowest BCUT2D eigenvalue weighted by atomic mass is 9.80. The Morgan fingerprint density at radius 1 is 1.24 bits per heavy atom. The third kappa shape index (κ3) is 2.86. The molecule has 0 unspecified atom stereocenters. The molecule has 1 saturated carbocycles. The molecule has 2 N–H and O–H groups in total. The lowest BCUT2D eigenvalue weighted by molar-refractivity contribution is 0.286. The molecule has 1 fully saturated rings. The molecular weight excluding hydrogens is 212 g/mol. The first-order valence-corrected chi connectivity index (χ1v) is 6.82. The second-order valence-corrected chi connectivity index (χ2v) is 5.41. The molecule has 17 heavy (non-hydrogen) atoms. The zero-order valence-electron chi connectivity index (χ0n) is 11.1. The molecule has 0 saturated heterocycles. The van der Waals surface area contributed by atoms with Crippen LogP contribution < -0.4 is 5.73 Å². The van der Waals surface area contributed by atoms with Crippen molar-refractivity contribution in [1.82, 2.24) is 14.8 Å². The molecular formula is C13H24N4. The number of nitrogens with two attached hydrogens (primary N) is 1. The Kier molecular flexibility index (Phi) is 3.82. The molecule has 0 aliphatic heterocycles. The van der Waals surface area contributed by atoms with Crippen LogP contribution >= 0.6 is 0 Å². The van der Waals surface area contributed by atoms with Crippen molar-refractivity contribution >= 4 is 0 Å². The molecule has 1 heterocycles. The topological polar surface area (TPSA) is 56.7 Å². The van der Waals surface area contributed by atoms with E-state index in [-0.39, 0.29) is 5.54 Å². The van der Waals surface area contributed by atoms with Crippen molar-refractivity contribution in [1.29, 1.82) is 0 Å². The van der Waals surface area contributed by atoms with Gasteiger partial charge in [-0.15, -0.1) is 10.2 Å². The molecule has 0 aromatic carbocycles. The molecule has 0 spiro atoms. The van der Waals surface area contributed by atoms with Crippen LogP contribution in [0, 0.1) is 6.92 Å². The summed E-state index contributed by atoms with van der Waals surface area (Å²) in [5.41, 5.74) is 6.45. The predicted molar refractivity (Wildman–Crippen MR) is 68.8 cm³/mol. The lowest BCUT2D eigenvalue weighted by Crippen LogP contribution is -2.44. The van der Waals surface area contributed by atoms with Gasteiger partial charge in [-0.2, -0.15) is 0 Å².